The molecule has 0 fully saturated rings. The second-order valence-electron chi connectivity index (χ2n) is 10.0. The van der Waals surface area contributed by atoms with Crippen molar-refractivity contribution in [1.82, 2.24) is 29.7 Å². The summed E-state index contributed by atoms with van der Waals surface area (Å²) in [5.74, 6) is -0.469. The smallest absolute Gasteiger partial charge is 0.235 e. The standard InChI is InChI=1S/C29H24FN7O2/c1-16-8-6-12-31-20(16)14-21(38)24-22-25(35-28(39)29(22,2)3)34-26(33-24)23-18-10-7-13-32-27(18)37(36-23)15-17-9-4-5-11-19(17)30/h4-13H,14-15H2,1-3H3,(H,33,34,35,39). The van der Waals surface area contributed by atoms with Crippen LogP contribution in [0.3, 0.4) is 0 Å². The number of Topliss-reactive ketones (excluding diaryl/α,β-unsaturated/α-hetero) is 1. The molecule has 1 aromatic carbocycles. The lowest BCUT2D eigenvalue weighted by atomic mass is 9.84. The van der Waals surface area contributed by atoms with Crippen molar-refractivity contribution in [2.45, 2.75) is 39.2 Å². The number of ketones is 1. The number of nitrogens with one attached hydrogen (secondary N) is 1. The van der Waals surface area contributed by atoms with E-state index in [2.05, 4.69) is 20.3 Å². The third-order valence-corrected chi connectivity index (χ3v) is 7.04. The van der Waals surface area contributed by atoms with Gasteiger partial charge in [0.15, 0.2) is 17.3 Å². The van der Waals surface area contributed by atoms with Gasteiger partial charge in [-0.3, -0.25) is 14.6 Å². The number of carbonyl (C=O) groups is 2. The number of fused-ring (bicyclic) bond motifs is 2. The fraction of sp³-hybridized carbons (Fsp3) is 0.207. The lowest BCUT2D eigenvalue weighted by molar-refractivity contribution is -0.119. The molecule has 0 saturated heterocycles. The fourth-order valence-corrected chi connectivity index (χ4v) is 4.84. The van der Waals surface area contributed by atoms with Gasteiger partial charge < -0.3 is 5.32 Å². The Hall–Kier alpha value is -4.86. The lowest BCUT2D eigenvalue weighted by Gasteiger charge is -2.18. The summed E-state index contributed by atoms with van der Waals surface area (Å²) in [4.78, 5) is 44.7. The molecule has 0 aliphatic carbocycles. The van der Waals surface area contributed by atoms with Gasteiger partial charge in [-0.2, -0.15) is 5.10 Å². The highest BCUT2D eigenvalue weighted by atomic mass is 19.1. The molecule has 1 N–H and O–H groups in total. The number of aryl methyl sites for hydroxylation is 1. The van der Waals surface area contributed by atoms with Crippen molar-refractivity contribution in [3.63, 3.8) is 0 Å². The first-order valence-corrected chi connectivity index (χ1v) is 12.5. The molecule has 1 aliphatic rings. The minimum absolute atomic E-state index is 0.0177. The maximum absolute atomic E-state index is 14.4. The van der Waals surface area contributed by atoms with Gasteiger partial charge in [-0.05, 0) is 50.6 Å². The average molecular weight is 522 g/mol. The van der Waals surface area contributed by atoms with Crippen molar-refractivity contribution in [2.24, 2.45) is 0 Å². The second kappa shape index (κ2) is 9.16. The third-order valence-electron chi connectivity index (χ3n) is 7.04. The zero-order valence-electron chi connectivity index (χ0n) is 21.6. The third kappa shape index (κ3) is 4.14. The highest BCUT2D eigenvalue weighted by Gasteiger charge is 2.44. The molecule has 194 valence electrons. The highest BCUT2D eigenvalue weighted by Crippen LogP contribution is 2.40. The van der Waals surface area contributed by atoms with E-state index in [1.165, 1.54) is 6.07 Å². The van der Waals surface area contributed by atoms with E-state index in [1.807, 2.05) is 25.1 Å². The van der Waals surface area contributed by atoms with Crippen molar-refractivity contribution in [2.75, 3.05) is 5.32 Å². The SMILES string of the molecule is Cc1cccnc1CC(=O)c1nc(-c2nn(Cc3ccccc3F)c3ncccc23)nc2c1C(C)(C)C(=O)N2. The highest BCUT2D eigenvalue weighted by molar-refractivity contribution is 6.10. The zero-order valence-corrected chi connectivity index (χ0v) is 21.6. The molecule has 39 heavy (non-hydrogen) atoms. The van der Waals surface area contributed by atoms with Crippen LogP contribution >= 0.6 is 0 Å². The molecule has 9 nitrogen and oxygen atoms in total. The molecule has 0 bridgehead atoms. The number of anilines is 1. The Morgan fingerprint density at radius 2 is 1.79 bits per heavy atom. The number of amides is 1. The van der Waals surface area contributed by atoms with Crippen molar-refractivity contribution < 1.29 is 14.0 Å². The Bertz CT molecular complexity index is 1790. The number of pyridine rings is 2. The molecule has 10 heteroatoms. The van der Waals surface area contributed by atoms with E-state index in [0.717, 1.165) is 5.56 Å². The van der Waals surface area contributed by atoms with Crippen LogP contribution in [0.4, 0.5) is 10.2 Å². The first-order chi connectivity index (χ1) is 18.7. The summed E-state index contributed by atoms with van der Waals surface area (Å²) in [6.45, 7) is 5.51. The molecule has 0 radical (unpaired) electrons. The number of nitrogens with zero attached hydrogens (tertiary/aromatic N) is 6. The summed E-state index contributed by atoms with van der Waals surface area (Å²) in [5, 5.41) is 8.15. The van der Waals surface area contributed by atoms with Gasteiger partial charge in [0.1, 0.15) is 23.0 Å². The van der Waals surface area contributed by atoms with E-state index in [4.69, 9.17) is 10.1 Å². The Balaban J connectivity index is 1.51. The molecule has 0 saturated carbocycles. The average Bonchev–Trinajstić information content (AvgIpc) is 3.40. The summed E-state index contributed by atoms with van der Waals surface area (Å²) in [7, 11) is 0. The first kappa shape index (κ1) is 24.5. The quantitative estimate of drug-likeness (QED) is 0.329. The predicted octanol–water partition coefficient (Wildman–Crippen LogP) is 4.43. The topological polar surface area (TPSA) is 116 Å². The van der Waals surface area contributed by atoms with Crippen LogP contribution in [0, 0.1) is 12.7 Å². The summed E-state index contributed by atoms with van der Waals surface area (Å²) >= 11 is 0. The van der Waals surface area contributed by atoms with E-state index in [1.54, 1.807) is 55.2 Å². The van der Waals surface area contributed by atoms with Gasteiger partial charge >= 0.3 is 0 Å². The Labute approximate surface area is 223 Å². The number of rotatable bonds is 6. The lowest BCUT2D eigenvalue weighted by Crippen LogP contribution is -2.29. The maximum atomic E-state index is 14.4. The summed E-state index contributed by atoms with van der Waals surface area (Å²) in [6.07, 6.45) is 3.29. The first-order valence-electron chi connectivity index (χ1n) is 12.5. The zero-order chi connectivity index (χ0) is 27.3. The molecule has 0 atom stereocenters. The minimum atomic E-state index is -1.01. The monoisotopic (exact) mass is 521 g/mol. The molecule has 0 unspecified atom stereocenters. The molecule has 0 spiro atoms. The van der Waals surface area contributed by atoms with Crippen molar-refractivity contribution in [3.05, 3.63) is 94.8 Å². The van der Waals surface area contributed by atoms with Crippen LogP contribution in [-0.2, 0) is 23.2 Å². The number of benzene rings is 1. The molecule has 4 aromatic heterocycles. The van der Waals surface area contributed by atoms with Crippen molar-refractivity contribution in [1.29, 1.82) is 0 Å². The number of aromatic nitrogens is 6. The Kier molecular flexibility index (Phi) is 5.75. The fourth-order valence-electron chi connectivity index (χ4n) is 4.84. The number of halogens is 1. The van der Waals surface area contributed by atoms with Crippen LogP contribution < -0.4 is 5.32 Å². The molecular formula is C29H24FN7O2. The maximum Gasteiger partial charge on any atom is 0.235 e. The van der Waals surface area contributed by atoms with E-state index in [-0.39, 0.29) is 47.8 Å². The van der Waals surface area contributed by atoms with Crippen LogP contribution in [0.5, 0.6) is 0 Å². The van der Waals surface area contributed by atoms with Crippen molar-refractivity contribution in [3.8, 4) is 11.5 Å². The molecule has 1 amide bonds. The molecule has 5 aromatic rings. The van der Waals surface area contributed by atoms with E-state index in [9.17, 15) is 14.0 Å². The Morgan fingerprint density at radius 1 is 1.03 bits per heavy atom. The number of hydrogen-bond donors (Lipinski definition) is 1. The van der Waals surface area contributed by atoms with Crippen LogP contribution in [0.2, 0.25) is 0 Å². The van der Waals surface area contributed by atoms with E-state index >= 15 is 0 Å². The number of hydrogen-bond acceptors (Lipinski definition) is 7. The molecule has 5 heterocycles. The normalized spacial score (nSPS) is 13.9. The predicted molar refractivity (Wildman–Crippen MR) is 143 cm³/mol. The minimum Gasteiger partial charge on any atom is -0.310 e. The molecular weight excluding hydrogens is 497 g/mol. The Morgan fingerprint density at radius 3 is 2.59 bits per heavy atom. The van der Waals surface area contributed by atoms with Crippen LogP contribution in [0.25, 0.3) is 22.6 Å². The van der Waals surface area contributed by atoms with Gasteiger partial charge in [0, 0.05) is 23.5 Å². The van der Waals surface area contributed by atoms with Gasteiger partial charge in [-0.1, -0.05) is 24.3 Å². The van der Waals surface area contributed by atoms with Crippen LogP contribution in [-0.4, -0.2) is 41.4 Å². The molecule has 6 rings (SSSR count). The molecule has 1 aliphatic heterocycles. The largest absolute Gasteiger partial charge is 0.310 e. The van der Waals surface area contributed by atoms with Gasteiger partial charge in [0.25, 0.3) is 0 Å². The second-order valence-corrected chi connectivity index (χ2v) is 10.0. The van der Waals surface area contributed by atoms with E-state index in [0.29, 0.717) is 33.5 Å². The summed E-state index contributed by atoms with van der Waals surface area (Å²) in [6, 6.07) is 13.7. The van der Waals surface area contributed by atoms with Gasteiger partial charge in [-0.15, -0.1) is 0 Å². The van der Waals surface area contributed by atoms with Gasteiger partial charge in [-0.25, -0.2) is 24.0 Å². The van der Waals surface area contributed by atoms with Crippen LogP contribution in [0.15, 0.2) is 60.9 Å². The van der Waals surface area contributed by atoms with Crippen LogP contribution in [0.1, 0.15) is 46.7 Å². The van der Waals surface area contributed by atoms with Gasteiger partial charge in [0.05, 0.1) is 29.5 Å². The number of carbonyl (C=O) groups excluding carboxylic acids is 2. The summed E-state index contributed by atoms with van der Waals surface area (Å²) in [5.41, 5.74) is 2.44. The van der Waals surface area contributed by atoms with Gasteiger partial charge in [0.2, 0.25) is 5.91 Å². The van der Waals surface area contributed by atoms with E-state index < -0.39 is 5.41 Å². The van der Waals surface area contributed by atoms with Crippen molar-refractivity contribution >= 4 is 28.5 Å². The summed E-state index contributed by atoms with van der Waals surface area (Å²) < 4.78 is 16.0.